The standard InChI is InChI=1S/C13H20N2O2/c1-9-7-11(13(14)17)3-4-12(9)8-15-6-5-10(2)16/h3-4,7,10,15-16H,5-6,8H2,1-2H3,(H2,14,17). The summed E-state index contributed by atoms with van der Waals surface area (Å²) in [5, 5.41) is 12.4. The summed E-state index contributed by atoms with van der Waals surface area (Å²) >= 11 is 0. The second-order valence-corrected chi connectivity index (χ2v) is 4.32. The third kappa shape index (κ3) is 4.54. The van der Waals surface area contributed by atoms with Crippen LogP contribution in [0.1, 0.15) is 34.8 Å². The molecule has 0 saturated heterocycles. The van der Waals surface area contributed by atoms with Crippen molar-refractivity contribution in [1.82, 2.24) is 5.32 Å². The smallest absolute Gasteiger partial charge is 0.248 e. The Bertz CT molecular complexity index is 389. The van der Waals surface area contributed by atoms with Gasteiger partial charge >= 0.3 is 0 Å². The van der Waals surface area contributed by atoms with E-state index in [0.717, 1.165) is 30.6 Å². The molecule has 0 aliphatic heterocycles. The van der Waals surface area contributed by atoms with Gasteiger partial charge in [-0.1, -0.05) is 6.07 Å². The van der Waals surface area contributed by atoms with Crippen LogP contribution in [0.4, 0.5) is 0 Å². The average Bonchev–Trinajstić information content (AvgIpc) is 2.25. The van der Waals surface area contributed by atoms with Crippen LogP contribution < -0.4 is 11.1 Å². The third-order valence-electron chi connectivity index (χ3n) is 2.68. The van der Waals surface area contributed by atoms with Crippen molar-refractivity contribution in [3.8, 4) is 0 Å². The van der Waals surface area contributed by atoms with Crippen LogP contribution in [0, 0.1) is 6.92 Å². The number of hydrogen-bond acceptors (Lipinski definition) is 3. The molecule has 0 saturated carbocycles. The number of amides is 1. The SMILES string of the molecule is Cc1cc(C(N)=O)ccc1CNCCC(C)O. The molecular formula is C13H20N2O2. The first-order valence-corrected chi connectivity index (χ1v) is 5.79. The Morgan fingerprint density at radius 2 is 2.24 bits per heavy atom. The van der Waals surface area contributed by atoms with E-state index in [9.17, 15) is 4.79 Å². The lowest BCUT2D eigenvalue weighted by Crippen LogP contribution is -2.19. The van der Waals surface area contributed by atoms with E-state index in [4.69, 9.17) is 10.8 Å². The number of rotatable bonds is 6. The predicted octanol–water partition coefficient (Wildman–Crippen LogP) is 0.954. The van der Waals surface area contributed by atoms with E-state index in [2.05, 4.69) is 5.32 Å². The van der Waals surface area contributed by atoms with Gasteiger partial charge in [-0.2, -0.15) is 0 Å². The van der Waals surface area contributed by atoms with Crippen LogP contribution in [0.25, 0.3) is 0 Å². The van der Waals surface area contributed by atoms with Gasteiger partial charge in [-0.25, -0.2) is 0 Å². The molecule has 4 N–H and O–H groups in total. The molecular weight excluding hydrogens is 216 g/mol. The second-order valence-electron chi connectivity index (χ2n) is 4.32. The number of aliphatic hydroxyl groups excluding tert-OH is 1. The minimum absolute atomic E-state index is 0.277. The van der Waals surface area contributed by atoms with E-state index in [1.165, 1.54) is 0 Å². The summed E-state index contributed by atoms with van der Waals surface area (Å²) in [4.78, 5) is 11.0. The van der Waals surface area contributed by atoms with Crippen LogP contribution in [0.2, 0.25) is 0 Å². The van der Waals surface area contributed by atoms with Crippen molar-refractivity contribution in [2.45, 2.75) is 32.9 Å². The van der Waals surface area contributed by atoms with E-state index in [1.807, 2.05) is 13.0 Å². The van der Waals surface area contributed by atoms with E-state index in [0.29, 0.717) is 5.56 Å². The van der Waals surface area contributed by atoms with Gasteiger partial charge < -0.3 is 16.2 Å². The van der Waals surface area contributed by atoms with Gasteiger partial charge in [0.2, 0.25) is 5.91 Å². The Hall–Kier alpha value is -1.39. The summed E-state index contributed by atoms with van der Waals surface area (Å²) in [5.41, 5.74) is 7.93. The number of hydrogen-bond donors (Lipinski definition) is 3. The molecule has 0 aliphatic carbocycles. The summed E-state index contributed by atoms with van der Waals surface area (Å²) in [6.45, 7) is 5.24. The van der Waals surface area contributed by atoms with Gasteiger partial charge in [-0.3, -0.25) is 4.79 Å². The van der Waals surface area contributed by atoms with Gasteiger partial charge in [-0.15, -0.1) is 0 Å². The van der Waals surface area contributed by atoms with Gasteiger partial charge in [0.05, 0.1) is 6.10 Å². The van der Waals surface area contributed by atoms with Gasteiger partial charge in [-0.05, 0) is 50.1 Å². The number of aliphatic hydroxyl groups is 1. The fraction of sp³-hybridized carbons (Fsp3) is 0.462. The molecule has 17 heavy (non-hydrogen) atoms. The fourth-order valence-corrected chi connectivity index (χ4v) is 1.58. The van der Waals surface area contributed by atoms with Crippen LogP contribution in [0.3, 0.4) is 0 Å². The highest BCUT2D eigenvalue weighted by atomic mass is 16.3. The van der Waals surface area contributed by atoms with Crippen molar-refractivity contribution < 1.29 is 9.90 Å². The molecule has 1 atom stereocenters. The number of benzene rings is 1. The Kier molecular flexibility index (Phi) is 5.12. The summed E-state index contributed by atoms with van der Waals surface area (Å²) in [5.74, 6) is -0.401. The first kappa shape index (κ1) is 13.7. The molecule has 94 valence electrons. The zero-order valence-electron chi connectivity index (χ0n) is 10.4. The highest BCUT2D eigenvalue weighted by Gasteiger charge is 2.04. The molecule has 4 nitrogen and oxygen atoms in total. The molecule has 0 spiro atoms. The maximum absolute atomic E-state index is 11.0. The molecule has 0 fully saturated rings. The number of aryl methyl sites for hydroxylation is 1. The van der Waals surface area contributed by atoms with Crippen molar-refractivity contribution in [2.75, 3.05) is 6.54 Å². The molecule has 0 aliphatic rings. The average molecular weight is 236 g/mol. The molecule has 0 radical (unpaired) electrons. The van der Waals surface area contributed by atoms with Crippen LogP contribution in [0.15, 0.2) is 18.2 Å². The number of primary amides is 1. The first-order chi connectivity index (χ1) is 8.00. The molecule has 0 heterocycles. The molecule has 1 aromatic rings. The fourth-order valence-electron chi connectivity index (χ4n) is 1.58. The summed E-state index contributed by atoms with van der Waals surface area (Å²) in [7, 11) is 0. The van der Waals surface area contributed by atoms with Gasteiger partial charge in [0.25, 0.3) is 0 Å². The second kappa shape index (κ2) is 6.37. The Morgan fingerprint density at radius 3 is 2.76 bits per heavy atom. The third-order valence-corrected chi connectivity index (χ3v) is 2.68. The van der Waals surface area contributed by atoms with Crippen molar-refractivity contribution in [2.24, 2.45) is 5.73 Å². The lowest BCUT2D eigenvalue weighted by Gasteiger charge is -2.09. The van der Waals surface area contributed by atoms with Crippen molar-refractivity contribution in [1.29, 1.82) is 0 Å². The Balaban J connectivity index is 2.52. The predicted molar refractivity (Wildman–Crippen MR) is 67.7 cm³/mol. The largest absolute Gasteiger partial charge is 0.393 e. The molecule has 4 heteroatoms. The normalized spacial score (nSPS) is 12.4. The van der Waals surface area contributed by atoms with E-state index < -0.39 is 5.91 Å². The zero-order valence-corrected chi connectivity index (χ0v) is 10.4. The molecule has 0 bridgehead atoms. The maximum atomic E-state index is 11.0. The molecule has 1 amide bonds. The highest BCUT2D eigenvalue weighted by molar-refractivity contribution is 5.93. The summed E-state index contributed by atoms with van der Waals surface area (Å²) in [6, 6.07) is 5.44. The number of carbonyl (C=O) groups is 1. The number of nitrogens with one attached hydrogen (secondary N) is 1. The monoisotopic (exact) mass is 236 g/mol. The summed E-state index contributed by atoms with van der Waals surface area (Å²) < 4.78 is 0. The van der Waals surface area contributed by atoms with E-state index >= 15 is 0 Å². The van der Waals surface area contributed by atoms with Crippen molar-refractivity contribution in [3.05, 3.63) is 34.9 Å². The van der Waals surface area contributed by atoms with E-state index in [-0.39, 0.29) is 6.10 Å². The first-order valence-electron chi connectivity index (χ1n) is 5.79. The molecule has 1 aromatic carbocycles. The lowest BCUT2D eigenvalue weighted by molar-refractivity contribution is 0.1000. The minimum atomic E-state index is -0.401. The Morgan fingerprint density at radius 1 is 1.53 bits per heavy atom. The number of carbonyl (C=O) groups excluding carboxylic acids is 1. The van der Waals surface area contributed by atoms with Crippen molar-refractivity contribution >= 4 is 5.91 Å². The van der Waals surface area contributed by atoms with Crippen LogP contribution in [-0.4, -0.2) is 23.7 Å². The van der Waals surface area contributed by atoms with Crippen LogP contribution >= 0.6 is 0 Å². The topological polar surface area (TPSA) is 75.4 Å². The molecule has 0 aromatic heterocycles. The van der Waals surface area contributed by atoms with Gasteiger partial charge in [0.15, 0.2) is 0 Å². The highest BCUT2D eigenvalue weighted by Crippen LogP contribution is 2.10. The van der Waals surface area contributed by atoms with Crippen LogP contribution in [0.5, 0.6) is 0 Å². The zero-order chi connectivity index (χ0) is 12.8. The molecule has 1 rings (SSSR count). The Labute approximate surface area is 102 Å². The quantitative estimate of drug-likeness (QED) is 0.644. The number of nitrogens with two attached hydrogens (primary N) is 1. The lowest BCUT2D eigenvalue weighted by atomic mass is 10.0. The minimum Gasteiger partial charge on any atom is -0.393 e. The molecule has 1 unspecified atom stereocenters. The van der Waals surface area contributed by atoms with Crippen LogP contribution in [-0.2, 0) is 6.54 Å². The summed E-state index contributed by atoms with van der Waals surface area (Å²) in [6.07, 6.45) is 0.458. The van der Waals surface area contributed by atoms with Gasteiger partial charge in [0, 0.05) is 12.1 Å². The van der Waals surface area contributed by atoms with Crippen molar-refractivity contribution in [3.63, 3.8) is 0 Å². The van der Waals surface area contributed by atoms with E-state index in [1.54, 1.807) is 19.1 Å². The van der Waals surface area contributed by atoms with Gasteiger partial charge in [0.1, 0.15) is 0 Å². The maximum Gasteiger partial charge on any atom is 0.248 e.